The molecule has 0 spiro atoms. The van der Waals surface area contributed by atoms with Crippen molar-refractivity contribution in [1.29, 1.82) is 0 Å². The maximum absolute atomic E-state index is 14.9. The third-order valence-electron chi connectivity index (χ3n) is 5.72. The van der Waals surface area contributed by atoms with Gasteiger partial charge in [0.25, 0.3) is 17.3 Å². The average Bonchev–Trinajstić information content (AvgIpc) is 2.97. The normalized spacial score (nSPS) is 12.0. The molecule has 0 radical (unpaired) electrons. The molecular weight excluding hydrogens is 521 g/mol. The Morgan fingerprint density at radius 2 is 1.23 bits per heavy atom. The van der Waals surface area contributed by atoms with Crippen LogP contribution in [-0.2, 0) is 4.57 Å². The summed E-state index contributed by atoms with van der Waals surface area (Å²) in [7, 11) is -3.62. The number of nitro groups is 2. The van der Waals surface area contributed by atoms with Crippen LogP contribution >= 0.6 is 7.14 Å². The first-order valence-electron chi connectivity index (χ1n) is 11.6. The number of non-ortho nitro benzene ring substituents is 2. The molecule has 0 bridgehead atoms. The van der Waals surface area contributed by atoms with Gasteiger partial charge >= 0.3 is 0 Å². The smallest absolute Gasteiger partial charge is 0.278 e. The van der Waals surface area contributed by atoms with Crippen LogP contribution in [-0.4, -0.2) is 27.8 Å². The van der Waals surface area contributed by atoms with Crippen molar-refractivity contribution < 1.29 is 19.2 Å². The van der Waals surface area contributed by atoms with Crippen molar-refractivity contribution in [3.8, 4) is 0 Å². The molecule has 0 aromatic heterocycles. The Kier molecular flexibility index (Phi) is 8.23. The molecule has 1 amide bonds. The van der Waals surface area contributed by atoms with Crippen LogP contribution in [0, 0.1) is 20.2 Å². The monoisotopic (exact) mass is 543 g/mol. The van der Waals surface area contributed by atoms with Crippen molar-refractivity contribution >= 4 is 46.9 Å². The second kappa shape index (κ2) is 11.9. The Morgan fingerprint density at radius 1 is 0.769 bits per heavy atom. The molecule has 12 heteroatoms. The number of benzene rings is 4. The number of carbonyl (C=O) groups is 1. The highest BCUT2D eigenvalue weighted by atomic mass is 31.2. The summed E-state index contributed by atoms with van der Waals surface area (Å²) in [4.78, 5) is 34.1. The van der Waals surface area contributed by atoms with Gasteiger partial charge in [-0.2, -0.15) is 5.10 Å². The lowest BCUT2D eigenvalue weighted by molar-refractivity contribution is -0.394. The molecule has 4 rings (SSSR count). The van der Waals surface area contributed by atoms with E-state index in [0.29, 0.717) is 16.2 Å². The van der Waals surface area contributed by atoms with Crippen LogP contribution in [0.2, 0.25) is 0 Å². The van der Waals surface area contributed by atoms with E-state index in [1.807, 2.05) is 0 Å². The third-order valence-corrected chi connectivity index (χ3v) is 8.90. The Balaban J connectivity index is 1.77. The van der Waals surface area contributed by atoms with E-state index in [1.165, 1.54) is 6.21 Å². The molecule has 196 valence electrons. The van der Waals surface area contributed by atoms with Crippen LogP contribution < -0.4 is 21.4 Å². The molecule has 2 N–H and O–H groups in total. The molecule has 0 saturated carbocycles. The zero-order valence-corrected chi connectivity index (χ0v) is 21.2. The zero-order chi connectivity index (χ0) is 27.8. The van der Waals surface area contributed by atoms with Gasteiger partial charge in [0.05, 0.1) is 27.8 Å². The SMILES string of the molecule is O=C(N[C@@H](/C=N/Nc1cc([N+](=O)[O-])cc([N+](=O)[O-])c1)P(=O)(c1ccccc1)c1ccccc1)c1ccccc1. The fourth-order valence-electron chi connectivity index (χ4n) is 3.85. The van der Waals surface area contributed by atoms with Gasteiger partial charge in [0.15, 0.2) is 7.14 Å². The average molecular weight is 543 g/mol. The summed E-state index contributed by atoms with van der Waals surface area (Å²) in [5.41, 5.74) is 1.84. The van der Waals surface area contributed by atoms with Gasteiger partial charge in [-0.05, 0) is 12.1 Å². The first-order valence-corrected chi connectivity index (χ1v) is 13.4. The summed E-state index contributed by atoms with van der Waals surface area (Å²) in [5.74, 6) is -1.65. The maximum atomic E-state index is 14.9. The van der Waals surface area contributed by atoms with E-state index >= 15 is 0 Å². The lowest BCUT2D eigenvalue weighted by Crippen LogP contribution is -2.41. The summed E-state index contributed by atoms with van der Waals surface area (Å²) in [6.45, 7) is 0. The van der Waals surface area contributed by atoms with Gasteiger partial charge in [-0.1, -0.05) is 78.9 Å². The lowest BCUT2D eigenvalue weighted by Gasteiger charge is -2.27. The molecule has 0 heterocycles. The minimum Gasteiger partial charge on any atom is -0.337 e. The number of nitro benzene ring substituents is 2. The molecule has 4 aromatic rings. The van der Waals surface area contributed by atoms with Crippen molar-refractivity contribution in [2.75, 3.05) is 5.43 Å². The number of rotatable bonds is 10. The summed E-state index contributed by atoms with van der Waals surface area (Å²) >= 11 is 0. The van der Waals surface area contributed by atoms with E-state index in [0.717, 1.165) is 18.2 Å². The van der Waals surface area contributed by atoms with Gasteiger partial charge in [0.2, 0.25) is 0 Å². The predicted octanol–water partition coefficient (Wildman–Crippen LogP) is 4.67. The van der Waals surface area contributed by atoms with Crippen molar-refractivity contribution in [1.82, 2.24) is 5.32 Å². The second-order valence-electron chi connectivity index (χ2n) is 8.26. The number of anilines is 1. The van der Waals surface area contributed by atoms with E-state index in [4.69, 9.17) is 0 Å². The first-order chi connectivity index (χ1) is 18.8. The molecule has 0 fully saturated rings. The van der Waals surface area contributed by atoms with Crippen LogP contribution in [0.25, 0.3) is 0 Å². The van der Waals surface area contributed by atoms with Gasteiger partial charge < -0.3 is 9.88 Å². The molecule has 11 nitrogen and oxygen atoms in total. The molecule has 0 saturated heterocycles. The largest absolute Gasteiger partial charge is 0.337 e. The highest BCUT2D eigenvalue weighted by Gasteiger charge is 2.37. The van der Waals surface area contributed by atoms with Crippen LogP contribution in [0.1, 0.15) is 10.4 Å². The first kappa shape index (κ1) is 26.9. The number of hydrogen-bond acceptors (Lipinski definition) is 8. The summed E-state index contributed by atoms with van der Waals surface area (Å²) in [5, 5.41) is 30.3. The highest BCUT2D eigenvalue weighted by Crippen LogP contribution is 2.47. The van der Waals surface area contributed by atoms with E-state index < -0.39 is 40.1 Å². The topological polar surface area (TPSA) is 157 Å². The van der Waals surface area contributed by atoms with Crippen molar-refractivity contribution in [3.05, 3.63) is 135 Å². The van der Waals surface area contributed by atoms with E-state index in [-0.39, 0.29) is 5.69 Å². The van der Waals surface area contributed by atoms with Gasteiger partial charge in [-0.3, -0.25) is 30.4 Å². The molecule has 0 aliphatic rings. The minimum absolute atomic E-state index is 0.0328. The quantitative estimate of drug-likeness (QED) is 0.127. The molecular formula is C27H22N5O6P. The number of carbonyl (C=O) groups excluding carboxylic acids is 1. The molecule has 0 aliphatic carbocycles. The Morgan fingerprint density at radius 3 is 1.69 bits per heavy atom. The lowest BCUT2D eigenvalue weighted by atomic mass is 10.2. The Hall–Kier alpha value is -5.15. The Bertz CT molecular complexity index is 1490. The van der Waals surface area contributed by atoms with E-state index in [9.17, 15) is 29.6 Å². The predicted molar refractivity (Wildman–Crippen MR) is 149 cm³/mol. The standard InChI is InChI=1S/C27H22N5O6P/c33-27(20-10-4-1-5-11-20)29-26(19-28-30-21-16-22(31(34)35)18-23(17-21)32(36)37)39(38,24-12-6-2-7-13-24)25-14-8-3-9-15-25/h1-19,26,30H,(H,29,33)/b28-19+/t26-/m1/s1. The van der Waals surface area contributed by atoms with Crippen LogP contribution in [0.3, 0.4) is 0 Å². The van der Waals surface area contributed by atoms with Crippen molar-refractivity contribution in [2.45, 2.75) is 5.78 Å². The maximum Gasteiger partial charge on any atom is 0.278 e. The van der Waals surface area contributed by atoms with Crippen molar-refractivity contribution in [3.63, 3.8) is 0 Å². The van der Waals surface area contributed by atoms with Gasteiger partial charge in [-0.25, -0.2) is 0 Å². The Labute approximate surface area is 222 Å². The van der Waals surface area contributed by atoms with Gasteiger partial charge in [0, 0.05) is 28.3 Å². The van der Waals surface area contributed by atoms with Gasteiger partial charge in [0.1, 0.15) is 5.78 Å². The summed E-state index contributed by atoms with van der Waals surface area (Å²) < 4.78 is 14.9. The molecule has 1 atom stereocenters. The van der Waals surface area contributed by atoms with Crippen LogP contribution in [0.5, 0.6) is 0 Å². The van der Waals surface area contributed by atoms with Gasteiger partial charge in [-0.15, -0.1) is 0 Å². The minimum atomic E-state index is -3.62. The highest BCUT2D eigenvalue weighted by molar-refractivity contribution is 7.80. The zero-order valence-electron chi connectivity index (χ0n) is 20.3. The molecule has 4 aromatic carbocycles. The van der Waals surface area contributed by atoms with E-state index in [1.54, 1.807) is 91.0 Å². The van der Waals surface area contributed by atoms with Crippen LogP contribution in [0.4, 0.5) is 17.1 Å². The number of nitrogens with zero attached hydrogens (tertiary/aromatic N) is 3. The molecule has 0 unspecified atom stereocenters. The number of hydrazone groups is 1. The fraction of sp³-hybridized carbons (Fsp3) is 0.0370. The molecule has 0 aliphatic heterocycles. The number of hydrogen-bond donors (Lipinski definition) is 2. The summed E-state index contributed by atoms with van der Waals surface area (Å²) in [6, 6.07) is 28.6. The van der Waals surface area contributed by atoms with Crippen molar-refractivity contribution in [2.24, 2.45) is 5.10 Å². The number of amides is 1. The fourth-order valence-corrected chi connectivity index (χ4v) is 6.58. The van der Waals surface area contributed by atoms with Crippen LogP contribution in [0.15, 0.2) is 114 Å². The number of nitrogens with one attached hydrogen (secondary N) is 2. The summed E-state index contributed by atoms with van der Waals surface area (Å²) in [6.07, 6.45) is 1.23. The third kappa shape index (κ3) is 6.23. The van der Waals surface area contributed by atoms with E-state index in [2.05, 4.69) is 15.8 Å². The molecule has 39 heavy (non-hydrogen) atoms. The second-order valence-corrected chi connectivity index (χ2v) is 11.2.